The first-order valence-corrected chi connectivity index (χ1v) is 8.17. The van der Waals surface area contributed by atoms with E-state index in [0.29, 0.717) is 30.3 Å². The summed E-state index contributed by atoms with van der Waals surface area (Å²) in [4.78, 5) is 14.7. The van der Waals surface area contributed by atoms with Crippen LogP contribution in [0.15, 0.2) is 30.3 Å². The van der Waals surface area contributed by atoms with Crippen molar-refractivity contribution >= 4 is 17.5 Å². The summed E-state index contributed by atoms with van der Waals surface area (Å²) in [5.41, 5.74) is 1.29. The average Bonchev–Trinajstić information content (AvgIpc) is 3.28. The third kappa shape index (κ3) is 3.35. The topological polar surface area (TPSA) is 20.3 Å². The zero-order valence-corrected chi connectivity index (χ0v) is 13.1. The van der Waals surface area contributed by atoms with E-state index < -0.39 is 0 Å². The molecule has 1 aromatic rings. The number of carbonyl (C=O) groups excluding carboxylic acids is 1. The van der Waals surface area contributed by atoms with Crippen LogP contribution in [0, 0.1) is 5.92 Å². The molecule has 0 saturated heterocycles. The van der Waals surface area contributed by atoms with Crippen LogP contribution in [0.4, 0.5) is 0 Å². The van der Waals surface area contributed by atoms with Crippen molar-refractivity contribution in [2.45, 2.75) is 45.1 Å². The largest absolute Gasteiger partial charge is 0.338 e. The quantitative estimate of drug-likeness (QED) is 0.695. The van der Waals surface area contributed by atoms with Gasteiger partial charge in [-0.05, 0) is 30.7 Å². The van der Waals surface area contributed by atoms with Crippen molar-refractivity contribution in [1.29, 1.82) is 0 Å². The molecule has 2 unspecified atom stereocenters. The van der Waals surface area contributed by atoms with Crippen LogP contribution in [-0.4, -0.2) is 29.3 Å². The summed E-state index contributed by atoms with van der Waals surface area (Å²) in [6.45, 7) is 4.96. The van der Waals surface area contributed by atoms with E-state index in [4.69, 9.17) is 11.6 Å². The number of hydrogen-bond donors (Lipinski definition) is 0. The van der Waals surface area contributed by atoms with Gasteiger partial charge in [-0.15, -0.1) is 11.6 Å². The Bertz CT molecular complexity index is 430. The second-order valence-electron chi connectivity index (χ2n) is 5.55. The molecule has 0 spiro atoms. The van der Waals surface area contributed by atoms with Gasteiger partial charge >= 0.3 is 0 Å². The maximum atomic E-state index is 12.7. The smallest absolute Gasteiger partial charge is 0.226 e. The van der Waals surface area contributed by atoms with Crippen molar-refractivity contribution in [2.75, 3.05) is 12.4 Å². The van der Waals surface area contributed by atoms with Gasteiger partial charge in [-0.1, -0.05) is 44.2 Å². The van der Waals surface area contributed by atoms with Crippen LogP contribution >= 0.6 is 11.6 Å². The molecule has 1 amide bonds. The van der Waals surface area contributed by atoms with E-state index in [9.17, 15) is 4.79 Å². The third-order valence-corrected chi connectivity index (χ3v) is 4.50. The van der Waals surface area contributed by atoms with Crippen LogP contribution < -0.4 is 0 Å². The molecule has 1 aromatic carbocycles. The van der Waals surface area contributed by atoms with Gasteiger partial charge in [-0.3, -0.25) is 4.79 Å². The molecule has 1 saturated carbocycles. The first kappa shape index (κ1) is 15.4. The van der Waals surface area contributed by atoms with Crippen molar-refractivity contribution in [3.63, 3.8) is 0 Å². The Morgan fingerprint density at radius 3 is 2.50 bits per heavy atom. The van der Waals surface area contributed by atoms with E-state index in [2.05, 4.69) is 26.0 Å². The first-order chi connectivity index (χ1) is 9.72. The average molecular weight is 294 g/mol. The molecule has 0 aliphatic heterocycles. The monoisotopic (exact) mass is 293 g/mol. The molecule has 20 heavy (non-hydrogen) atoms. The molecule has 0 N–H and O–H groups in total. The Kier molecular flexibility index (Phi) is 5.47. The molecule has 1 fully saturated rings. The number of nitrogens with zero attached hydrogens (tertiary/aromatic N) is 1. The van der Waals surface area contributed by atoms with Gasteiger partial charge in [-0.25, -0.2) is 0 Å². The molecule has 1 aliphatic rings. The van der Waals surface area contributed by atoms with Crippen molar-refractivity contribution in [1.82, 2.24) is 4.90 Å². The van der Waals surface area contributed by atoms with E-state index in [0.717, 1.165) is 19.3 Å². The van der Waals surface area contributed by atoms with Gasteiger partial charge in [0.05, 0.1) is 0 Å². The van der Waals surface area contributed by atoms with Crippen molar-refractivity contribution in [2.24, 2.45) is 5.92 Å². The second kappa shape index (κ2) is 7.12. The molecule has 0 heterocycles. The van der Waals surface area contributed by atoms with E-state index >= 15 is 0 Å². The highest BCUT2D eigenvalue weighted by molar-refractivity contribution is 6.18. The molecule has 3 heteroatoms. The highest BCUT2D eigenvalue weighted by Crippen LogP contribution is 2.48. The van der Waals surface area contributed by atoms with Crippen LogP contribution in [-0.2, 0) is 4.79 Å². The lowest BCUT2D eigenvalue weighted by molar-refractivity contribution is -0.134. The summed E-state index contributed by atoms with van der Waals surface area (Å²) in [7, 11) is 0. The normalized spacial score (nSPS) is 21.0. The standard InChI is InChI=1S/C17H24ClNO/c1-3-14(4-2)19(11-10-18)17(20)16-12-15(16)13-8-6-5-7-9-13/h5-9,14-16H,3-4,10-12H2,1-2H3. The molecule has 0 radical (unpaired) electrons. The Balaban J connectivity index is 2.03. The molecule has 110 valence electrons. The van der Waals surface area contributed by atoms with E-state index in [1.807, 2.05) is 23.1 Å². The minimum Gasteiger partial charge on any atom is -0.338 e. The van der Waals surface area contributed by atoms with Gasteiger partial charge in [0.25, 0.3) is 0 Å². The lowest BCUT2D eigenvalue weighted by atomic mass is 10.1. The summed E-state index contributed by atoms with van der Waals surface area (Å²) < 4.78 is 0. The fourth-order valence-corrected chi connectivity index (χ4v) is 3.22. The number of halogens is 1. The molecule has 2 nitrogen and oxygen atoms in total. The molecular formula is C17H24ClNO. The van der Waals surface area contributed by atoms with Crippen LogP contribution in [0.3, 0.4) is 0 Å². The molecule has 1 aliphatic carbocycles. The van der Waals surface area contributed by atoms with Crippen LogP contribution in [0.5, 0.6) is 0 Å². The minimum absolute atomic E-state index is 0.168. The van der Waals surface area contributed by atoms with Gasteiger partial charge in [0.1, 0.15) is 0 Å². The summed E-state index contributed by atoms with van der Waals surface area (Å²) in [6.07, 6.45) is 2.99. The van der Waals surface area contributed by atoms with Gasteiger partial charge in [0.2, 0.25) is 5.91 Å². The number of carbonyl (C=O) groups is 1. The maximum absolute atomic E-state index is 12.7. The Labute approximate surface area is 127 Å². The number of benzene rings is 1. The highest BCUT2D eigenvalue weighted by Gasteiger charge is 2.46. The van der Waals surface area contributed by atoms with E-state index in [1.54, 1.807) is 0 Å². The molecule has 2 atom stereocenters. The Hall–Kier alpha value is -1.02. The lowest BCUT2D eigenvalue weighted by Gasteiger charge is -2.30. The third-order valence-electron chi connectivity index (χ3n) is 4.33. The number of rotatable bonds is 7. The summed E-state index contributed by atoms with van der Waals surface area (Å²) in [5, 5.41) is 0. The first-order valence-electron chi connectivity index (χ1n) is 7.64. The van der Waals surface area contributed by atoms with Crippen LogP contribution in [0.25, 0.3) is 0 Å². The van der Waals surface area contributed by atoms with Crippen molar-refractivity contribution in [3.8, 4) is 0 Å². The van der Waals surface area contributed by atoms with Crippen LogP contribution in [0.2, 0.25) is 0 Å². The molecular weight excluding hydrogens is 270 g/mol. The van der Waals surface area contributed by atoms with Crippen molar-refractivity contribution in [3.05, 3.63) is 35.9 Å². The highest BCUT2D eigenvalue weighted by atomic mass is 35.5. The number of amides is 1. The van der Waals surface area contributed by atoms with Crippen molar-refractivity contribution < 1.29 is 4.79 Å². The predicted molar refractivity (Wildman–Crippen MR) is 84.1 cm³/mol. The van der Waals surface area contributed by atoms with E-state index in [1.165, 1.54) is 5.56 Å². The number of alkyl halides is 1. The number of hydrogen-bond acceptors (Lipinski definition) is 1. The summed E-state index contributed by atoms with van der Waals surface area (Å²) >= 11 is 5.88. The lowest BCUT2D eigenvalue weighted by Crippen LogP contribution is -2.42. The molecule has 0 aromatic heterocycles. The minimum atomic E-state index is 0.168. The Morgan fingerprint density at radius 2 is 1.95 bits per heavy atom. The fraction of sp³-hybridized carbons (Fsp3) is 0.588. The van der Waals surface area contributed by atoms with Gasteiger partial charge < -0.3 is 4.90 Å². The van der Waals surface area contributed by atoms with Gasteiger partial charge in [0, 0.05) is 24.4 Å². The molecule has 2 rings (SSSR count). The zero-order chi connectivity index (χ0) is 14.5. The van der Waals surface area contributed by atoms with Crippen LogP contribution in [0.1, 0.15) is 44.6 Å². The summed E-state index contributed by atoms with van der Waals surface area (Å²) in [5.74, 6) is 1.40. The van der Waals surface area contributed by atoms with E-state index in [-0.39, 0.29) is 5.92 Å². The molecule has 0 bridgehead atoms. The SMILES string of the molecule is CCC(CC)N(CCCl)C(=O)C1CC1c1ccccc1. The summed E-state index contributed by atoms with van der Waals surface area (Å²) in [6, 6.07) is 10.7. The zero-order valence-electron chi connectivity index (χ0n) is 12.4. The predicted octanol–water partition coefficient (Wildman–Crippen LogP) is 4.05. The van der Waals surface area contributed by atoms with Gasteiger partial charge in [-0.2, -0.15) is 0 Å². The van der Waals surface area contributed by atoms with Gasteiger partial charge in [0.15, 0.2) is 0 Å². The second-order valence-corrected chi connectivity index (χ2v) is 5.93. The Morgan fingerprint density at radius 1 is 1.30 bits per heavy atom. The fourth-order valence-electron chi connectivity index (χ4n) is 3.04. The maximum Gasteiger partial charge on any atom is 0.226 e.